The summed E-state index contributed by atoms with van der Waals surface area (Å²) in [6, 6.07) is 2.02. The van der Waals surface area contributed by atoms with Crippen molar-refractivity contribution in [3.8, 4) is 0 Å². The molecule has 0 aliphatic carbocycles. The topological polar surface area (TPSA) is 45.2 Å². The Morgan fingerprint density at radius 1 is 1.53 bits per heavy atom. The largest absolute Gasteiger partial charge is 0.352 e. The van der Waals surface area contributed by atoms with Crippen molar-refractivity contribution in [1.29, 1.82) is 0 Å². The van der Waals surface area contributed by atoms with Gasteiger partial charge in [0.25, 0.3) is 0 Å². The summed E-state index contributed by atoms with van der Waals surface area (Å²) in [6.07, 6.45) is 1.82. The number of halogens is 1. The number of hydrogen-bond acceptors (Lipinski definition) is 3. The van der Waals surface area contributed by atoms with Gasteiger partial charge in [0, 0.05) is 19.3 Å². The third-order valence-corrected chi connectivity index (χ3v) is 3.65. The molecule has 0 bridgehead atoms. The SMILES string of the molecule is Cc1cnc(N2CCNC(=O)C2(C)C)c(Br)c1. The predicted molar refractivity (Wildman–Crippen MR) is 71.1 cm³/mol. The second-order valence-corrected chi connectivity index (χ2v) is 5.64. The zero-order valence-corrected chi connectivity index (χ0v) is 11.8. The van der Waals surface area contributed by atoms with E-state index in [1.165, 1.54) is 0 Å². The highest BCUT2D eigenvalue weighted by Crippen LogP contribution is 2.30. The molecule has 0 saturated carbocycles. The van der Waals surface area contributed by atoms with Gasteiger partial charge in [-0.1, -0.05) is 0 Å². The lowest BCUT2D eigenvalue weighted by molar-refractivity contribution is -0.126. The smallest absolute Gasteiger partial charge is 0.245 e. The van der Waals surface area contributed by atoms with E-state index in [1.54, 1.807) is 0 Å². The van der Waals surface area contributed by atoms with Crippen molar-refractivity contribution in [2.45, 2.75) is 26.3 Å². The van der Waals surface area contributed by atoms with E-state index in [-0.39, 0.29) is 5.91 Å². The van der Waals surface area contributed by atoms with Crippen LogP contribution in [0.3, 0.4) is 0 Å². The van der Waals surface area contributed by atoms with Gasteiger partial charge in [-0.3, -0.25) is 4.79 Å². The van der Waals surface area contributed by atoms with Gasteiger partial charge >= 0.3 is 0 Å². The van der Waals surface area contributed by atoms with Crippen molar-refractivity contribution < 1.29 is 4.79 Å². The van der Waals surface area contributed by atoms with Crippen molar-refractivity contribution >= 4 is 27.7 Å². The number of aryl methyl sites for hydroxylation is 1. The zero-order chi connectivity index (χ0) is 12.6. The van der Waals surface area contributed by atoms with Crippen LogP contribution >= 0.6 is 15.9 Å². The maximum Gasteiger partial charge on any atom is 0.245 e. The van der Waals surface area contributed by atoms with Crippen LogP contribution in [0.5, 0.6) is 0 Å². The standard InChI is InChI=1S/C12H16BrN3O/c1-8-6-9(13)10(15-7-8)16-5-4-14-11(17)12(16,2)3/h6-7H,4-5H2,1-3H3,(H,14,17). The van der Waals surface area contributed by atoms with Crippen molar-refractivity contribution in [3.63, 3.8) is 0 Å². The maximum absolute atomic E-state index is 11.9. The molecule has 1 N–H and O–H groups in total. The average Bonchev–Trinajstić information content (AvgIpc) is 2.23. The van der Waals surface area contributed by atoms with Crippen LogP contribution < -0.4 is 10.2 Å². The molecule has 2 heterocycles. The number of carbonyl (C=O) groups excluding carboxylic acids is 1. The molecule has 1 amide bonds. The first kappa shape index (κ1) is 12.4. The average molecular weight is 298 g/mol. The van der Waals surface area contributed by atoms with Crippen LogP contribution in [0.4, 0.5) is 5.82 Å². The van der Waals surface area contributed by atoms with Gasteiger partial charge in [0.05, 0.1) is 4.47 Å². The van der Waals surface area contributed by atoms with Gasteiger partial charge in [-0.15, -0.1) is 0 Å². The summed E-state index contributed by atoms with van der Waals surface area (Å²) in [6.45, 7) is 7.25. The highest BCUT2D eigenvalue weighted by atomic mass is 79.9. The molecule has 0 radical (unpaired) electrons. The summed E-state index contributed by atoms with van der Waals surface area (Å²) < 4.78 is 0.931. The van der Waals surface area contributed by atoms with Crippen molar-refractivity contribution in [2.24, 2.45) is 0 Å². The summed E-state index contributed by atoms with van der Waals surface area (Å²) in [5.41, 5.74) is 0.531. The molecule has 1 aromatic rings. The summed E-state index contributed by atoms with van der Waals surface area (Å²) >= 11 is 3.52. The molecular weight excluding hydrogens is 282 g/mol. The van der Waals surface area contributed by atoms with Crippen molar-refractivity contribution in [3.05, 3.63) is 22.3 Å². The molecule has 92 valence electrons. The van der Waals surface area contributed by atoms with Gasteiger partial charge in [-0.2, -0.15) is 0 Å². The van der Waals surface area contributed by atoms with Gasteiger partial charge in [-0.05, 0) is 48.3 Å². The molecule has 4 nitrogen and oxygen atoms in total. The van der Waals surface area contributed by atoms with Crippen LogP contribution in [0.2, 0.25) is 0 Å². The Balaban J connectivity index is 2.41. The van der Waals surface area contributed by atoms with E-state index < -0.39 is 5.54 Å². The Labute approximate surface area is 110 Å². The van der Waals surface area contributed by atoms with E-state index in [4.69, 9.17) is 0 Å². The molecule has 1 aromatic heterocycles. The number of nitrogens with zero attached hydrogens (tertiary/aromatic N) is 2. The van der Waals surface area contributed by atoms with E-state index >= 15 is 0 Å². The minimum Gasteiger partial charge on any atom is -0.352 e. The predicted octanol–water partition coefficient (Wildman–Crippen LogP) is 1.87. The number of piperazine rings is 1. The van der Waals surface area contributed by atoms with E-state index in [0.717, 1.165) is 22.4 Å². The Kier molecular flexibility index (Phi) is 3.12. The van der Waals surface area contributed by atoms with Crippen LogP contribution in [0, 0.1) is 6.92 Å². The normalized spacial score (nSPS) is 19.1. The van der Waals surface area contributed by atoms with Gasteiger partial charge in [-0.25, -0.2) is 4.98 Å². The third kappa shape index (κ3) is 2.16. The second-order valence-electron chi connectivity index (χ2n) is 4.78. The molecule has 0 spiro atoms. The summed E-state index contributed by atoms with van der Waals surface area (Å²) in [7, 11) is 0. The number of hydrogen-bond donors (Lipinski definition) is 1. The van der Waals surface area contributed by atoms with Crippen LogP contribution in [-0.2, 0) is 4.79 Å². The van der Waals surface area contributed by atoms with Crippen LogP contribution in [0.1, 0.15) is 19.4 Å². The number of nitrogens with one attached hydrogen (secondary N) is 1. The third-order valence-electron chi connectivity index (χ3n) is 3.07. The van der Waals surface area contributed by atoms with Gasteiger partial charge in [0.1, 0.15) is 11.4 Å². The quantitative estimate of drug-likeness (QED) is 0.861. The number of aromatic nitrogens is 1. The molecule has 1 saturated heterocycles. The van der Waals surface area contributed by atoms with Crippen LogP contribution in [0.25, 0.3) is 0 Å². The lowest BCUT2D eigenvalue weighted by atomic mass is 9.99. The van der Waals surface area contributed by atoms with Crippen LogP contribution in [0.15, 0.2) is 16.7 Å². The fourth-order valence-corrected chi connectivity index (χ4v) is 2.67. The van der Waals surface area contributed by atoms with Crippen LogP contribution in [-0.4, -0.2) is 29.5 Å². The first-order valence-electron chi connectivity index (χ1n) is 5.61. The summed E-state index contributed by atoms with van der Waals surface area (Å²) in [4.78, 5) is 18.3. The molecule has 0 unspecified atom stereocenters. The fourth-order valence-electron chi connectivity index (χ4n) is 2.00. The Morgan fingerprint density at radius 3 is 2.88 bits per heavy atom. The van der Waals surface area contributed by atoms with Gasteiger partial charge < -0.3 is 10.2 Å². The maximum atomic E-state index is 11.9. The van der Waals surface area contributed by atoms with E-state index in [0.29, 0.717) is 6.54 Å². The first-order valence-corrected chi connectivity index (χ1v) is 6.40. The van der Waals surface area contributed by atoms with Crippen molar-refractivity contribution in [2.75, 3.05) is 18.0 Å². The molecule has 0 aromatic carbocycles. The summed E-state index contributed by atoms with van der Waals surface area (Å²) in [5.74, 6) is 0.869. The number of pyridine rings is 1. The molecule has 0 atom stereocenters. The molecule has 17 heavy (non-hydrogen) atoms. The van der Waals surface area contributed by atoms with Gasteiger partial charge in [0.2, 0.25) is 5.91 Å². The zero-order valence-electron chi connectivity index (χ0n) is 10.2. The number of carbonyl (C=O) groups is 1. The van der Waals surface area contributed by atoms with Crippen molar-refractivity contribution in [1.82, 2.24) is 10.3 Å². The monoisotopic (exact) mass is 297 g/mol. The minimum absolute atomic E-state index is 0.0398. The minimum atomic E-state index is -0.566. The molecule has 2 rings (SSSR count). The lowest BCUT2D eigenvalue weighted by Gasteiger charge is -2.42. The lowest BCUT2D eigenvalue weighted by Crippen LogP contribution is -2.62. The number of anilines is 1. The molecule has 1 aliphatic rings. The highest BCUT2D eigenvalue weighted by molar-refractivity contribution is 9.10. The van der Waals surface area contributed by atoms with E-state index in [2.05, 4.69) is 26.2 Å². The molecule has 1 fully saturated rings. The summed E-state index contributed by atoms with van der Waals surface area (Å²) in [5, 5.41) is 2.88. The number of rotatable bonds is 1. The fraction of sp³-hybridized carbons (Fsp3) is 0.500. The Bertz CT molecular complexity index is 459. The molecule has 5 heteroatoms. The van der Waals surface area contributed by atoms with Gasteiger partial charge in [0.15, 0.2) is 0 Å². The Hall–Kier alpha value is -1.10. The highest BCUT2D eigenvalue weighted by Gasteiger charge is 2.38. The first-order chi connectivity index (χ1) is 7.93. The number of amides is 1. The second kappa shape index (κ2) is 4.29. The molecular formula is C12H16BrN3O. The molecule has 1 aliphatic heterocycles. The van der Waals surface area contributed by atoms with E-state index in [9.17, 15) is 4.79 Å². The Morgan fingerprint density at radius 2 is 2.24 bits per heavy atom. The van der Waals surface area contributed by atoms with E-state index in [1.807, 2.05) is 37.9 Å².